The Labute approximate surface area is 396 Å². The summed E-state index contributed by atoms with van der Waals surface area (Å²) in [5, 5.41) is 0. The fourth-order valence-corrected chi connectivity index (χ4v) is 8.75. The molecule has 2 atom stereocenters. The van der Waals surface area contributed by atoms with Gasteiger partial charge in [-0.15, -0.1) is 0 Å². The van der Waals surface area contributed by atoms with E-state index in [0.717, 1.165) is 38.5 Å². The van der Waals surface area contributed by atoms with Crippen molar-refractivity contribution in [2.24, 2.45) is 0 Å². The van der Waals surface area contributed by atoms with Gasteiger partial charge in [0.15, 0.2) is 6.10 Å². The maximum absolute atomic E-state index is 12.7. The predicted octanol–water partition coefficient (Wildman–Crippen LogP) is 16.5. The van der Waals surface area contributed by atoms with Gasteiger partial charge < -0.3 is 18.9 Å². The summed E-state index contributed by atoms with van der Waals surface area (Å²) in [5.41, 5.74) is 0. The van der Waals surface area contributed by atoms with Crippen LogP contribution in [-0.4, -0.2) is 74.9 Å². The van der Waals surface area contributed by atoms with Gasteiger partial charge in [0.1, 0.15) is 19.8 Å². The van der Waals surface area contributed by atoms with Crippen LogP contribution in [0.1, 0.15) is 271 Å². The van der Waals surface area contributed by atoms with E-state index >= 15 is 0 Å². The molecule has 0 aromatic carbocycles. The van der Waals surface area contributed by atoms with Gasteiger partial charge in [-0.05, 0) is 38.5 Å². The number of hydrogen-bond donors (Lipinski definition) is 1. The SMILES string of the molecule is CCCCCCCCCC/C=C\CCCCCCCCCCCCCCCCCCCCCC(=O)OC(COC(=O)CCCCCCCCCCC)COP(=O)(O)OCC[N+](C)(C)C. The molecule has 2 unspecified atom stereocenters. The van der Waals surface area contributed by atoms with E-state index in [0.29, 0.717) is 17.4 Å². The van der Waals surface area contributed by atoms with E-state index in [1.54, 1.807) is 0 Å². The number of carbonyl (C=O) groups is 2. The molecule has 380 valence electrons. The van der Waals surface area contributed by atoms with Crippen molar-refractivity contribution in [1.82, 2.24) is 0 Å². The molecule has 0 aromatic rings. The van der Waals surface area contributed by atoms with Gasteiger partial charge in [0.05, 0.1) is 27.7 Å². The van der Waals surface area contributed by atoms with E-state index in [9.17, 15) is 19.0 Å². The summed E-state index contributed by atoms with van der Waals surface area (Å²) in [6, 6.07) is 0. The molecule has 0 aliphatic carbocycles. The maximum atomic E-state index is 12.7. The van der Waals surface area contributed by atoms with Crippen molar-refractivity contribution in [3.05, 3.63) is 12.2 Å². The second-order valence-corrected chi connectivity index (χ2v) is 21.4. The molecule has 0 bridgehead atoms. The lowest BCUT2D eigenvalue weighted by molar-refractivity contribution is -0.870. The Kier molecular flexibility index (Phi) is 45.9. The normalized spacial score (nSPS) is 13.4. The van der Waals surface area contributed by atoms with Crippen LogP contribution < -0.4 is 0 Å². The molecule has 0 aliphatic rings. The maximum Gasteiger partial charge on any atom is 0.472 e. The third kappa shape index (κ3) is 50.2. The highest BCUT2D eigenvalue weighted by Gasteiger charge is 2.27. The third-order valence-corrected chi connectivity index (χ3v) is 13.3. The molecular formula is C54H107NO8P+. The van der Waals surface area contributed by atoms with Crippen LogP contribution in [0.4, 0.5) is 0 Å². The minimum Gasteiger partial charge on any atom is -0.462 e. The number of hydrogen-bond acceptors (Lipinski definition) is 7. The first kappa shape index (κ1) is 62.8. The number of likely N-dealkylation sites (N-methyl/N-ethyl adjacent to an activating group) is 1. The van der Waals surface area contributed by atoms with Crippen LogP contribution in [0.25, 0.3) is 0 Å². The molecule has 0 saturated heterocycles. The number of rotatable bonds is 51. The van der Waals surface area contributed by atoms with Crippen LogP contribution in [-0.2, 0) is 32.7 Å². The van der Waals surface area contributed by atoms with Crippen molar-refractivity contribution < 1.29 is 42.1 Å². The Hall–Kier alpha value is -1.25. The Bertz CT molecular complexity index is 1100. The van der Waals surface area contributed by atoms with E-state index < -0.39 is 26.5 Å². The zero-order valence-electron chi connectivity index (χ0n) is 43.0. The number of nitrogens with zero attached hydrogens (tertiary/aromatic N) is 1. The highest BCUT2D eigenvalue weighted by molar-refractivity contribution is 7.47. The van der Waals surface area contributed by atoms with Crippen molar-refractivity contribution in [2.75, 3.05) is 47.5 Å². The number of esters is 2. The minimum absolute atomic E-state index is 0.0358. The number of phosphoric ester groups is 1. The Morgan fingerprint density at radius 1 is 0.469 bits per heavy atom. The van der Waals surface area contributed by atoms with Crippen molar-refractivity contribution in [3.8, 4) is 0 Å². The molecule has 9 nitrogen and oxygen atoms in total. The first-order valence-electron chi connectivity index (χ1n) is 27.4. The van der Waals surface area contributed by atoms with Crippen molar-refractivity contribution in [1.29, 1.82) is 0 Å². The molecule has 64 heavy (non-hydrogen) atoms. The van der Waals surface area contributed by atoms with Crippen LogP contribution in [0.15, 0.2) is 12.2 Å². The molecule has 0 spiro atoms. The van der Waals surface area contributed by atoms with E-state index in [2.05, 4.69) is 26.0 Å². The van der Waals surface area contributed by atoms with Gasteiger partial charge in [0.25, 0.3) is 0 Å². The summed E-state index contributed by atoms with van der Waals surface area (Å²) in [5.74, 6) is -0.786. The van der Waals surface area contributed by atoms with Crippen molar-refractivity contribution in [2.45, 2.75) is 277 Å². The topological polar surface area (TPSA) is 108 Å². The van der Waals surface area contributed by atoms with Gasteiger partial charge in [-0.25, -0.2) is 4.57 Å². The average molecular weight is 929 g/mol. The molecule has 10 heteroatoms. The molecule has 0 radical (unpaired) electrons. The second kappa shape index (κ2) is 46.8. The van der Waals surface area contributed by atoms with E-state index in [-0.39, 0.29) is 25.6 Å². The van der Waals surface area contributed by atoms with Crippen molar-refractivity contribution >= 4 is 19.8 Å². The van der Waals surface area contributed by atoms with Gasteiger partial charge in [-0.1, -0.05) is 231 Å². The number of quaternary nitrogens is 1. The Morgan fingerprint density at radius 3 is 1.16 bits per heavy atom. The van der Waals surface area contributed by atoms with Gasteiger partial charge >= 0.3 is 19.8 Å². The van der Waals surface area contributed by atoms with Crippen LogP contribution in [0.5, 0.6) is 0 Å². The first-order valence-corrected chi connectivity index (χ1v) is 28.9. The molecule has 1 N–H and O–H groups in total. The zero-order valence-corrected chi connectivity index (χ0v) is 43.9. The van der Waals surface area contributed by atoms with Crippen LogP contribution in [0.3, 0.4) is 0 Å². The van der Waals surface area contributed by atoms with Crippen LogP contribution in [0, 0.1) is 0 Å². The van der Waals surface area contributed by atoms with E-state index in [1.807, 2.05) is 21.1 Å². The fourth-order valence-electron chi connectivity index (χ4n) is 8.01. The number of unbranched alkanes of at least 4 members (excludes halogenated alkanes) is 35. The van der Waals surface area contributed by atoms with E-state index in [4.69, 9.17) is 18.5 Å². The quantitative estimate of drug-likeness (QED) is 0.0211. The molecule has 0 aromatic heterocycles. The highest BCUT2D eigenvalue weighted by Crippen LogP contribution is 2.43. The fraction of sp³-hybridized carbons (Fsp3) is 0.926. The summed E-state index contributed by atoms with van der Waals surface area (Å²) in [7, 11) is 1.49. The van der Waals surface area contributed by atoms with Gasteiger partial charge in [-0.2, -0.15) is 0 Å². The highest BCUT2D eigenvalue weighted by atomic mass is 31.2. The van der Waals surface area contributed by atoms with Crippen LogP contribution >= 0.6 is 7.82 Å². The standard InChI is InChI=1S/C54H106NO8P/c1-6-8-10-12-14-16-17-18-19-20-21-22-23-24-25-26-27-28-29-30-31-32-33-34-35-36-37-39-41-43-45-47-54(57)63-52(51-62-64(58,59)61-49-48-55(3,4)5)50-60-53(56)46-44-42-40-38-15-13-11-9-7-2/h20-21,52H,6-19,22-51H2,1-5H3/p+1/b21-20-. The molecule has 0 heterocycles. The lowest BCUT2D eigenvalue weighted by Gasteiger charge is -2.24. The molecule has 0 rings (SSSR count). The van der Waals surface area contributed by atoms with Gasteiger partial charge in [0, 0.05) is 12.8 Å². The average Bonchev–Trinajstić information content (AvgIpc) is 3.25. The lowest BCUT2D eigenvalue weighted by Crippen LogP contribution is -2.37. The summed E-state index contributed by atoms with van der Waals surface area (Å²) < 4.78 is 34.4. The molecule has 0 fully saturated rings. The number of phosphoric acid groups is 1. The molecule has 0 amide bonds. The predicted molar refractivity (Wildman–Crippen MR) is 271 cm³/mol. The first-order chi connectivity index (χ1) is 31.0. The summed E-state index contributed by atoms with van der Waals surface area (Å²) in [6.07, 6.45) is 53.1. The monoisotopic (exact) mass is 929 g/mol. The van der Waals surface area contributed by atoms with Crippen LogP contribution in [0.2, 0.25) is 0 Å². The lowest BCUT2D eigenvalue weighted by atomic mass is 10.0. The van der Waals surface area contributed by atoms with Gasteiger partial charge in [-0.3, -0.25) is 18.6 Å². The third-order valence-electron chi connectivity index (χ3n) is 12.3. The summed E-state index contributed by atoms with van der Waals surface area (Å²) in [6.45, 7) is 4.44. The second-order valence-electron chi connectivity index (χ2n) is 20.0. The van der Waals surface area contributed by atoms with Crippen molar-refractivity contribution in [3.63, 3.8) is 0 Å². The molecule has 0 saturated carbocycles. The Balaban J connectivity index is 3.94. The molecule has 0 aliphatic heterocycles. The molecular weight excluding hydrogens is 822 g/mol. The summed E-state index contributed by atoms with van der Waals surface area (Å²) >= 11 is 0. The number of ether oxygens (including phenoxy) is 2. The largest absolute Gasteiger partial charge is 0.472 e. The number of carbonyl (C=O) groups excluding carboxylic acids is 2. The number of allylic oxidation sites excluding steroid dienone is 2. The Morgan fingerprint density at radius 2 is 0.797 bits per heavy atom. The van der Waals surface area contributed by atoms with Gasteiger partial charge in [0.2, 0.25) is 0 Å². The smallest absolute Gasteiger partial charge is 0.462 e. The van der Waals surface area contributed by atoms with E-state index in [1.165, 1.54) is 205 Å². The summed E-state index contributed by atoms with van der Waals surface area (Å²) in [4.78, 5) is 35.4. The zero-order chi connectivity index (χ0) is 47.1. The minimum atomic E-state index is -4.37.